The lowest BCUT2D eigenvalue weighted by Crippen LogP contribution is -2.10. The third-order valence-corrected chi connectivity index (χ3v) is 4.05. The number of nitrogens with zero attached hydrogens (tertiary/aromatic N) is 2. The Morgan fingerprint density at radius 3 is 2.75 bits per heavy atom. The Kier molecular flexibility index (Phi) is 5.09. The van der Waals surface area contributed by atoms with Gasteiger partial charge in [0.1, 0.15) is 12.4 Å². The first-order valence-corrected chi connectivity index (χ1v) is 7.66. The highest BCUT2D eigenvalue weighted by atomic mass is 32.1. The van der Waals surface area contributed by atoms with Crippen molar-refractivity contribution in [3.8, 4) is 5.75 Å². The molecule has 108 valence electrons. The van der Waals surface area contributed by atoms with Gasteiger partial charge >= 0.3 is 0 Å². The Bertz CT molecular complexity index is 566. The van der Waals surface area contributed by atoms with Gasteiger partial charge in [-0.25, -0.2) is 4.98 Å². The summed E-state index contributed by atoms with van der Waals surface area (Å²) in [5.74, 6) is 1.29. The second-order valence-electron chi connectivity index (χ2n) is 5.05. The average Bonchev–Trinajstić information content (AvgIpc) is 2.87. The van der Waals surface area contributed by atoms with Crippen molar-refractivity contribution in [1.82, 2.24) is 15.3 Å². The number of rotatable bonds is 6. The van der Waals surface area contributed by atoms with E-state index in [-0.39, 0.29) is 0 Å². The lowest BCUT2D eigenvalue weighted by Gasteiger charge is -2.10. The quantitative estimate of drug-likeness (QED) is 0.887. The van der Waals surface area contributed by atoms with Gasteiger partial charge in [-0.2, -0.15) is 0 Å². The molecule has 0 amide bonds. The summed E-state index contributed by atoms with van der Waals surface area (Å²) in [7, 11) is 1.91. The molecule has 20 heavy (non-hydrogen) atoms. The Hall–Kier alpha value is -1.46. The molecule has 0 radical (unpaired) electrons. The molecule has 0 aromatic carbocycles. The maximum atomic E-state index is 5.87. The third-order valence-electron chi connectivity index (χ3n) is 2.85. The highest BCUT2D eigenvalue weighted by Gasteiger charge is 2.09. The summed E-state index contributed by atoms with van der Waals surface area (Å²) in [6.07, 6.45) is 0. The molecule has 0 atom stereocenters. The first-order valence-electron chi connectivity index (χ1n) is 6.78. The zero-order valence-electron chi connectivity index (χ0n) is 12.4. The third kappa shape index (κ3) is 3.77. The minimum Gasteiger partial charge on any atom is -0.485 e. The van der Waals surface area contributed by atoms with Crippen LogP contribution in [0.2, 0.25) is 0 Å². The fourth-order valence-electron chi connectivity index (χ4n) is 1.83. The Morgan fingerprint density at radius 1 is 1.30 bits per heavy atom. The highest BCUT2D eigenvalue weighted by Crippen LogP contribution is 2.22. The topological polar surface area (TPSA) is 47.0 Å². The molecule has 2 aromatic heterocycles. The monoisotopic (exact) mass is 291 g/mol. The molecule has 2 heterocycles. The van der Waals surface area contributed by atoms with Gasteiger partial charge in [-0.1, -0.05) is 13.8 Å². The molecule has 5 heteroatoms. The Labute approximate surface area is 124 Å². The lowest BCUT2D eigenvalue weighted by atomic mass is 10.2. The summed E-state index contributed by atoms with van der Waals surface area (Å²) in [5, 5.41) is 6.33. The largest absolute Gasteiger partial charge is 0.485 e. The first kappa shape index (κ1) is 14.9. The summed E-state index contributed by atoms with van der Waals surface area (Å²) >= 11 is 1.69. The van der Waals surface area contributed by atoms with Crippen molar-refractivity contribution in [3.63, 3.8) is 0 Å². The van der Waals surface area contributed by atoms with Crippen molar-refractivity contribution in [2.75, 3.05) is 7.05 Å². The van der Waals surface area contributed by atoms with Crippen molar-refractivity contribution < 1.29 is 4.74 Å². The van der Waals surface area contributed by atoms with E-state index < -0.39 is 0 Å². The van der Waals surface area contributed by atoms with Gasteiger partial charge in [0.05, 0.1) is 16.4 Å². The van der Waals surface area contributed by atoms with Crippen LogP contribution in [0.1, 0.15) is 41.9 Å². The standard InChI is InChI=1S/C15H21N3OS/c1-10(2)15-18-12(9-20-15)8-19-14-6-5-11(3)17-13(14)7-16-4/h5-6,9-10,16H,7-8H2,1-4H3. The minimum atomic E-state index is 0.467. The molecule has 2 aromatic rings. The van der Waals surface area contributed by atoms with Crippen LogP contribution in [-0.4, -0.2) is 17.0 Å². The van der Waals surface area contributed by atoms with Crippen LogP contribution in [0.3, 0.4) is 0 Å². The van der Waals surface area contributed by atoms with E-state index >= 15 is 0 Å². The predicted octanol–water partition coefficient (Wildman–Crippen LogP) is 3.27. The minimum absolute atomic E-state index is 0.467. The number of ether oxygens (including phenoxy) is 1. The van der Waals surface area contributed by atoms with Gasteiger partial charge in [-0.05, 0) is 26.1 Å². The highest BCUT2D eigenvalue weighted by molar-refractivity contribution is 7.09. The summed E-state index contributed by atoms with van der Waals surface area (Å²) in [5.41, 5.74) is 2.92. The molecule has 0 bridgehead atoms. The summed E-state index contributed by atoms with van der Waals surface area (Å²) in [6.45, 7) is 7.48. The number of thiazole rings is 1. The van der Waals surface area contributed by atoms with Crippen LogP contribution in [0.5, 0.6) is 5.75 Å². The Balaban J connectivity index is 2.06. The van der Waals surface area contributed by atoms with Crippen LogP contribution >= 0.6 is 11.3 Å². The van der Waals surface area contributed by atoms with Crippen molar-refractivity contribution in [3.05, 3.63) is 39.6 Å². The number of hydrogen-bond acceptors (Lipinski definition) is 5. The van der Waals surface area contributed by atoms with Gasteiger partial charge in [0.15, 0.2) is 0 Å². The molecule has 0 spiro atoms. The van der Waals surface area contributed by atoms with E-state index in [1.165, 1.54) is 0 Å². The molecule has 0 saturated carbocycles. The van der Waals surface area contributed by atoms with Gasteiger partial charge in [0.2, 0.25) is 0 Å². The maximum absolute atomic E-state index is 5.87. The van der Waals surface area contributed by atoms with Crippen LogP contribution < -0.4 is 10.1 Å². The fraction of sp³-hybridized carbons (Fsp3) is 0.467. The van der Waals surface area contributed by atoms with Crippen molar-refractivity contribution in [2.45, 2.75) is 39.8 Å². The normalized spacial score (nSPS) is 11.1. The van der Waals surface area contributed by atoms with Crippen LogP contribution in [0.15, 0.2) is 17.5 Å². The van der Waals surface area contributed by atoms with Crippen LogP contribution in [0.25, 0.3) is 0 Å². The molecule has 0 unspecified atom stereocenters. The summed E-state index contributed by atoms with van der Waals surface area (Å²) in [4.78, 5) is 9.08. The van der Waals surface area contributed by atoms with E-state index in [1.54, 1.807) is 11.3 Å². The van der Waals surface area contributed by atoms with Crippen LogP contribution in [0.4, 0.5) is 0 Å². The van der Waals surface area contributed by atoms with Crippen molar-refractivity contribution >= 4 is 11.3 Å². The molecule has 0 fully saturated rings. The van der Waals surface area contributed by atoms with Gasteiger partial charge in [-0.15, -0.1) is 11.3 Å². The molecular weight excluding hydrogens is 270 g/mol. The molecule has 1 N–H and O–H groups in total. The number of pyridine rings is 1. The van der Waals surface area contributed by atoms with Gasteiger partial charge < -0.3 is 10.1 Å². The number of hydrogen-bond donors (Lipinski definition) is 1. The number of aromatic nitrogens is 2. The van der Waals surface area contributed by atoms with Crippen LogP contribution in [-0.2, 0) is 13.2 Å². The van der Waals surface area contributed by atoms with E-state index in [9.17, 15) is 0 Å². The Morgan fingerprint density at radius 2 is 2.10 bits per heavy atom. The van der Waals surface area contributed by atoms with E-state index in [4.69, 9.17) is 4.74 Å². The van der Waals surface area contributed by atoms with Crippen molar-refractivity contribution in [2.24, 2.45) is 0 Å². The molecule has 4 nitrogen and oxygen atoms in total. The smallest absolute Gasteiger partial charge is 0.142 e. The molecule has 0 aliphatic carbocycles. The van der Waals surface area contributed by atoms with Gasteiger partial charge in [0, 0.05) is 23.5 Å². The fourth-order valence-corrected chi connectivity index (χ4v) is 2.65. The van der Waals surface area contributed by atoms with Gasteiger partial charge in [-0.3, -0.25) is 4.98 Å². The molecule has 0 aliphatic rings. The number of nitrogens with one attached hydrogen (secondary N) is 1. The van der Waals surface area contributed by atoms with Crippen molar-refractivity contribution in [1.29, 1.82) is 0 Å². The van der Waals surface area contributed by atoms with Crippen LogP contribution in [0, 0.1) is 6.92 Å². The second kappa shape index (κ2) is 6.81. The summed E-state index contributed by atoms with van der Waals surface area (Å²) < 4.78 is 5.87. The van der Waals surface area contributed by atoms with E-state index in [2.05, 4.69) is 34.5 Å². The number of aryl methyl sites for hydroxylation is 1. The van der Waals surface area contributed by atoms with E-state index in [0.717, 1.165) is 27.8 Å². The lowest BCUT2D eigenvalue weighted by molar-refractivity contribution is 0.296. The second-order valence-corrected chi connectivity index (χ2v) is 5.94. The SMILES string of the molecule is CNCc1nc(C)ccc1OCc1csc(C(C)C)n1. The molecule has 0 aliphatic heterocycles. The molecular formula is C15H21N3OS. The maximum Gasteiger partial charge on any atom is 0.142 e. The molecule has 2 rings (SSSR count). The molecule has 0 saturated heterocycles. The summed E-state index contributed by atoms with van der Waals surface area (Å²) in [6, 6.07) is 3.94. The first-order chi connectivity index (χ1) is 9.60. The zero-order chi connectivity index (χ0) is 14.5. The zero-order valence-corrected chi connectivity index (χ0v) is 13.3. The average molecular weight is 291 g/mol. The predicted molar refractivity (Wildman–Crippen MR) is 82.3 cm³/mol. The van der Waals surface area contributed by atoms with E-state index in [0.29, 0.717) is 19.1 Å². The van der Waals surface area contributed by atoms with E-state index in [1.807, 2.05) is 26.1 Å². The van der Waals surface area contributed by atoms with Gasteiger partial charge in [0.25, 0.3) is 0 Å².